The lowest BCUT2D eigenvalue weighted by molar-refractivity contribution is 1.06. The molecule has 0 aromatic carbocycles. The third-order valence-electron chi connectivity index (χ3n) is 1.45. The van der Waals surface area contributed by atoms with Gasteiger partial charge in [0.05, 0.1) is 10.0 Å². The van der Waals surface area contributed by atoms with Crippen molar-refractivity contribution < 1.29 is 0 Å². The fourth-order valence-electron chi connectivity index (χ4n) is 0.823. The molecule has 1 aromatic heterocycles. The molecule has 0 saturated heterocycles. The predicted octanol–water partition coefficient (Wildman–Crippen LogP) is 2.86. The van der Waals surface area contributed by atoms with Gasteiger partial charge in [0.2, 0.25) is 0 Å². The van der Waals surface area contributed by atoms with Crippen LogP contribution in [-0.2, 0) is 0 Å². The quantitative estimate of drug-likeness (QED) is 0.648. The summed E-state index contributed by atoms with van der Waals surface area (Å²) >= 11 is 16.6. The van der Waals surface area contributed by atoms with Crippen molar-refractivity contribution in [3.8, 4) is 0 Å². The molecule has 0 aliphatic carbocycles. The van der Waals surface area contributed by atoms with Gasteiger partial charge in [-0.3, -0.25) is 0 Å². The van der Waals surface area contributed by atoms with E-state index >= 15 is 0 Å². The first-order valence-corrected chi connectivity index (χ1v) is 5.26. The fourth-order valence-corrected chi connectivity index (χ4v) is 1.43. The van der Waals surface area contributed by atoms with Crippen LogP contribution in [0, 0.1) is 0 Å². The number of nitrogens with one attached hydrogen (secondary N) is 2. The molecule has 0 fully saturated rings. The molecule has 0 aliphatic heterocycles. The molecule has 0 aliphatic rings. The Morgan fingerprint density at radius 2 is 2.33 bits per heavy atom. The molecular formula is C9H9Cl2N3S. The number of thiocarbonyl (C=S) groups is 1. The first kappa shape index (κ1) is 12.2. The molecule has 15 heavy (non-hydrogen) atoms. The van der Waals surface area contributed by atoms with E-state index in [1.165, 1.54) is 6.20 Å². The Labute approximate surface area is 103 Å². The Morgan fingerprint density at radius 3 is 2.93 bits per heavy atom. The summed E-state index contributed by atoms with van der Waals surface area (Å²) in [5, 5.41) is 7.08. The van der Waals surface area contributed by atoms with Crippen molar-refractivity contribution >= 4 is 46.4 Å². The number of rotatable bonds is 3. The molecule has 0 unspecified atom stereocenters. The van der Waals surface area contributed by atoms with Crippen LogP contribution in [0.2, 0.25) is 10.0 Å². The van der Waals surface area contributed by atoms with E-state index in [2.05, 4.69) is 22.2 Å². The summed E-state index contributed by atoms with van der Waals surface area (Å²) in [6.07, 6.45) is 3.19. The van der Waals surface area contributed by atoms with Crippen LogP contribution in [0.25, 0.3) is 0 Å². The minimum Gasteiger partial charge on any atom is -0.359 e. The zero-order valence-corrected chi connectivity index (χ0v) is 10.1. The van der Waals surface area contributed by atoms with Crippen molar-refractivity contribution in [2.75, 3.05) is 11.9 Å². The molecule has 0 radical (unpaired) electrons. The predicted molar refractivity (Wildman–Crippen MR) is 68.7 cm³/mol. The Kier molecular flexibility index (Phi) is 4.81. The zero-order valence-electron chi connectivity index (χ0n) is 7.76. The maximum atomic E-state index is 5.89. The third kappa shape index (κ3) is 4.03. The van der Waals surface area contributed by atoms with E-state index in [0.717, 1.165) is 0 Å². The van der Waals surface area contributed by atoms with Gasteiger partial charge in [-0.25, -0.2) is 4.98 Å². The van der Waals surface area contributed by atoms with Gasteiger partial charge in [0, 0.05) is 12.7 Å². The molecule has 6 heteroatoms. The van der Waals surface area contributed by atoms with Crippen LogP contribution in [0.15, 0.2) is 24.9 Å². The molecule has 1 heterocycles. The van der Waals surface area contributed by atoms with E-state index in [-0.39, 0.29) is 0 Å². The molecule has 0 amide bonds. The van der Waals surface area contributed by atoms with E-state index in [1.54, 1.807) is 12.1 Å². The normalized spacial score (nSPS) is 9.47. The lowest BCUT2D eigenvalue weighted by atomic mass is 10.4. The number of anilines is 1. The Balaban J connectivity index is 2.64. The molecule has 0 bridgehead atoms. The Bertz CT molecular complexity index is 382. The summed E-state index contributed by atoms with van der Waals surface area (Å²) in [5.74, 6) is 0.475. The SMILES string of the molecule is C=CCNC(=S)Nc1ncc(Cl)cc1Cl. The van der Waals surface area contributed by atoms with Crippen molar-refractivity contribution in [3.63, 3.8) is 0 Å². The van der Waals surface area contributed by atoms with Crippen molar-refractivity contribution in [2.45, 2.75) is 0 Å². The van der Waals surface area contributed by atoms with E-state index < -0.39 is 0 Å². The molecule has 0 atom stereocenters. The number of pyridine rings is 1. The van der Waals surface area contributed by atoms with Crippen molar-refractivity contribution in [2.24, 2.45) is 0 Å². The van der Waals surface area contributed by atoms with Crippen molar-refractivity contribution in [3.05, 3.63) is 35.0 Å². The van der Waals surface area contributed by atoms with Gasteiger partial charge in [0.15, 0.2) is 10.9 Å². The molecule has 3 nitrogen and oxygen atoms in total. The highest BCUT2D eigenvalue weighted by atomic mass is 35.5. The topological polar surface area (TPSA) is 37.0 Å². The van der Waals surface area contributed by atoms with Gasteiger partial charge in [-0.15, -0.1) is 6.58 Å². The van der Waals surface area contributed by atoms with Gasteiger partial charge in [-0.2, -0.15) is 0 Å². The minimum absolute atomic E-state index is 0.422. The highest BCUT2D eigenvalue weighted by Gasteiger charge is 2.03. The van der Waals surface area contributed by atoms with Gasteiger partial charge in [-0.05, 0) is 18.3 Å². The Morgan fingerprint density at radius 1 is 1.60 bits per heavy atom. The average molecular weight is 262 g/mol. The monoisotopic (exact) mass is 261 g/mol. The second-order valence-corrected chi connectivity index (χ2v) is 3.86. The largest absolute Gasteiger partial charge is 0.359 e. The number of halogens is 2. The molecular weight excluding hydrogens is 253 g/mol. The van der Waals surface area contributed by atoms with E-state index in [9.17, 15) is 0 Å². The van der Waals surface area contributed by atoms with Crippen molar-refractivity contribution in [1.29, 1.82) is 0 Å². The Hall–Kier alpha value is -0.840. The maximum absolute atomic E-state index is 5.89. The molecule has 1 rings (SSSR count). The van der Waals surface area contributed by atoms with Crippen LogP contribution in [0.5, 0.6) is 0 Å². The summed E-state index contributed by atoms with van der Waals surface area (Å²) in [7, 11) is 0. The number of hydrogen-bond acceptors (Lipinski definition) is 2. The fraction of sp³-hybridized carbons (Fsp3) is 0.111. The smallest absolute Gasteiger partial charge is 0.172 e. The van der Waals surface area contributed by atoms with E-state index in [1.807, 2.05) is 0 Å². The van der Waals surface area contributed by atoms with Crippen LogP contribution in [0.3, 0.4) is 0 Å². The lowest BCUT2D eigenvalue weighted by Crippen LogP contribution is -2.28. The zero-order chi connectivity index (χ0) is 11.3. The third-order valence-corrected chi connectivity index (χ3v) is 2.19. The summed E-state index contributed by atoms with van der Waals surface area (Å²) in [6.45, 7) is 4.14. The summed E-state index contributed by atoms with van der Waals surface area (Å²) in [6, 6.07) is 1.59. The maximum Gasteiger partial charge on any atom is 0.172 e. The molecule has 0 saturated carbocycles. The van der Waals surface area contributed by atoms with Gasteiger partial charge >= 0.3 is 0 Å². The highest BCUT2D eigenvalue weighted by molar-refractivity contribution is 7.80. The standard InChI is InChI=1S/C9H9Cl2N3S/c1-2-3-12-9(15)14-8-7(11)4-6(10)5-13-8/h2,4-5H,1,3H2,(H2,12,13,14,15). The molecule has 80 valence electrons. The van der Waals surface area contributed by atoms with Gasteiger partial charge in [-0.1, -0.05) is 29.3 Å². The number of aromatic nitrogens is 1. The van der Waals surface area contributed by atoms with Crippen molar-refractivity contribution in [1.82, 2.24) is 10.3 Å². The van der Waals surface area contributed by atoms with E-state index in [0.29, 0.717) is 27.5 Å². The second-order valence-electron chi connectivity index (χ2n) is 2.61. The van der Waals surface area contributed by atoms with Gasteiger partial charge in [0.1, 0.15) is 0 Å². The van der Waals surface area contributed by atoms with Gasteiger partial charge < -0.3 is 10.6 Å². The molecule has 2 N–H and O–H groups in total. The summed E-state index contributed by atoms with van der Waals surface area (Å²) in [4.78, 5) is 4.00. The summed E-state index contributed by atoms with van der Waals surface area (Å²) < 4.78 is 0. The lowest BCUT2D eigenvalue weighted by Gasteiger charge is -2.09. The van der Waals surface area contributed by atoms with Crippen LogP contribution < -0.4 is 10.6 Å². The molecule has 0 spiro atoms. The van der Waals surface area contributed by atoms with Crippen LogP contribution >= 0.6 is 35.4 Å². The van der Waals surface area contributed by atoms with Crippen LogP contribution in [0.4, 0.5) is 5.82 Å². The highest BCUT2D eigenvalue weighted by Crippen LogP contribution is 2.22. The molecule has 1 aromatic rings. The van der Waals surface area contributed by atoms with E-state index in [4.69, 9.17) is 35.4 Å². The second kappa shape index (κ2) is 5.90. The summed E-state index contributed by atoms with van der Waals surface area (Å²) in [5.41, 5.74) is 0. The van der Waals surface area contributed by atoms with Gasteiger partial charge in [0.25, 0.3) is 0 Å². The van der Waals surface area contributed by atoms with Crippen LogP contribution in [-0.4, -0.2) is 16.6 Å². The average Bonchev–Trinajstić information content (AvgIpc) is 2.19. The number of hydrogen-bond donors (Lipinski definition) is 2. The van der Waals surface area contributed by atoms with Crippen LogP contribution in [0.1, 0.15) is 0 Å². The first-order valence-electron chi connectivity index (χ1n) is 4.10. The minimum atomic E-state index is 0.422. The number of nitrogens with zero attached hydrogens (tertiary/aromatic N) is 1. The first-order chi connectivity index (χ1) is 7.13.